The molecule has 0 fully saturated rings. The van der Waals surface area contributed by atoms with E-state index in [0.29, 0.717) is 21.6 Å². The largest absolute Gasteiger partial charge is 0.462 e. The number of rotatable bonds is 5. The highest BCUT2D eigenvalue weighted by Gasteiger charge is 2.17. The van der Waals surface area contributed by atoms with Gasteiger partial charge in [0.25, 0.3) is 0 Å². The van der Waals surface area contributed by atoms with Crippen molar-refractivity contribution in [1.82, 2.24) is 0 Å². The molecular formula is C21H17ClO6. The second-order valence-electron chi connectivity index (χ2n) is 5.86. The van der Waals surface area contributed by atoms with E-state index in [4.69, 9.17) is 25.5 Å². The van der Waals surface area contributed by atoms with Gasteiger partial charge in [0.2, 0.25) is 0 Å². The van der Waals surface area contributed by atoms with Gasteiger partial charge in [-0.05, 0) is 50.2 Å². The summed E-state index contributed by atoms with van der Waals surface area (Å²) >= 11 is 5.93. The maximum atomic E-state index is 12.5. The van der Waals surface area contributed by atoms with Gasteiger partial charge in [-0.15, -0.1) is 0 Å². The van der Waals surface area contributed by atoms with Crippen LogP contribution in [0.3, 0.4) is 0 Å². The highest BCUT2D eigenvalue weighted by Crippen LogP contribution is 2.26. The lowest BCUT2D eigenvalue weighted by molar-refractivity contribution is 0.0525. The molecular weight excluding hydrogens is 384 g/mol. The monoisotopic (exact) mass is 400 g/mol. The van der Waals surface area contributed by atoms with Gasteiger partial charge in [0, 0.05) is 16.7 Å². The van der Waals surface area contributed by atoms with Gasteiger partial charge in [0.05, 0.1) is 29.7 Å². The Morgan fingerprint density at radius 2 is 1.54 bits per heavy atom. The molecule has 2 aromatic carbocycles. The Hall–Kier alpha value is -3.12. The molecule has 3 rings (SSSR count). The van der Waals surface area contributed by atoms with Crippen LogP contribution in [0.2, 0.25) is 5.02 Å². The summed E-state index contributed by atoms with van der Waals surface area (Å²) in [4.78, 5) is 36.9. The molecule has 0 amide bonds. The van der Waals surface area contributed by atoms with Crippen molar-refractivity contribution in [3.8, 4) is 11.3 Å². The molecule has 0 saturated heterocycles. The molecule has 0 aliphatic rings. The van der Waals surface area contributed by atoms with Crippen LogP contribution >= 0.6 is 11.6 Å². The fraction of sp³-hybridized carbons (Fsp3) is 0.190. The molecule has 0 spiro atoms. The number of ether oxygens (including phenoxy) is 2. The van der Waals surface area contributed by atoms with E-state index in [2.05, 4.69) is 0 Å². The van der Waals surface area contributed by atoms with Gasteiger partial charge >= 0.3 is 11.9 Å². The van der Waals surface area contributed by atoms with Gasteiger partial charge in [-0.25, -0.2) is 9.59 Å². The van der Waals surface area contributed by atoms with Gasteiger partial charge in [-0.2, -0.15) is 0 Å². The molecule has 0 radical (unpaired) electrons. The summed E-state index contributed by atoms with van der Waals surface area (Å²) in [5.74, 6) is -0.980. The lowest BCUT2D eigenvalue weighted by Crippen LogP contribution is -2.10. The van der Waals surface area contributed by atoms with Crippen molar-refractivity contribution in [2.75, 3.05) is 13.2 Å². The van der Waals surface area contributed by atoms with Crippen molar-refractivity contribution < 1.29 is 23.5 Å². The van der Waals surface area contributed by atoms with Crippen LogP contribution in [0.1, 0.15) is 34.6 Å². The molecule has 0 aliphatic carbocycles. The van der Waals surface area contributed by atoms with Gasteiger partial charge in [-0.1, -0.05) is 11.6 Å². The van der Waals surface area contributed by atoms with E-state index in [-0.39, 0.29) is 35.5 Å². The summed E-state index contributed by atoms with van der Waals surface area (Å²) in [5, 5.41) is 0.755. The Bertz CT molecular complexity index is 1080. The van der Waals surface area contributed by atoms with Crippen LogP contribution in [0.15, 0.2) is 51.7 Å². The number of hydrogen-bond donors (Lipinski definition) is 0. The first-order valence-corrected chi connectivity index (χ1v) is 9.03. The summed E-state index contributed by atoms with van der Waals surface area (Å²) in [5.41, 5.74) is 0.731. The minimum absolute atomic E-state index is 0.154. The SMILES string of the molecule is CCOC(=O)c1cc(C(=O)OCC)cc(-c2cc(=O)c3cc(Cl)ccc3o2)c1. The van der Waals surface area contributed by atoms with E-state index in [0.717, 1.165) is 0 Å². The molecule has 7 heteroatoms. The van der Waals surface area contributed by atoms with Gasteiger partial charge in [0.1, 0.15) is 11.3 Å². The molecule has 28 heavy (non-hydrogen) atoms. The van der Waals surface area contributed by atoms with E-state index in [1.165, 1.54) is 30.3 Å². The summed E-state index contributed by atoms with van der Waals surface area (Å²) in [6.07, 6.45) is 0. The van der Waals surface area contributed by atoms with Crippen LogP contribution < -0.4 is 5.43 Å². The predicted molar refractivity (Wildman–Crippen MR) is 105 cm³/mol. The first kappa shape index (κ1) is 19.6. The third kappa shape index (κ3) is 4.07. The van der Waals surface area contributed by atoms with Gasteiger partial charge in [-0.3, -0.25) is 4.79 Å². The Labute approximate surface area is 165 Å². The summed E-state index contributed by atoms with van der Waals surface area (Å²) in [7, 11) is 0. The van der Waals surface area contributed by atoms with E-state index in [1.54, 1.807) is 26.0 Å². The summed E-state index contributed by atoms with van der Waals surface area (Å²) < 4.78 is 15.9. The average molecular weight is 401 g/mol. The normalized spacial score (nSPS) is 10.7. The van der Waals surface area contributed by atoms with Crippen LogP contribution in [-0.4, -0.2) is 25.2 Å². The number of carbonyl (C=O) groups excluding carboxylic acids is 2. The first-order chi connectivity index (χ1) is 13.4. The number of hydrogen-bond acceptors (Lipinski definition) is 6. The fourth-order valence-electron chi connectivity index (χ4n) is 2.71. The van der Waals surface area contributed by atoms with Crippen LogP contribution in [0, 0.1) is 0 Å². The van der Waals surface area contributed by atoms with Crippen molar-refractivity contribution in [1.29, 1.82) is 0 Å². The van der Waals surface area contributed by atoms with E-state index in [1.807, 2.05) is 0 Å². The minimum atomic E-state index is -0.593. The van der Waals surface area contributed by atoms with E-state index in [9.17, 15) is 14.4 Å². The highest BCUT2D eigenvalue weighted by atomic mass is 35.5. The predicted octanol–water partition coefficient (Wildman–Crippen LogP) is 4.47. The molecule has 0 saturated carbocycles. The van der Waals surface area contributed by atoms with E-state index >= 15 is 0 Å². The Morgan fingerprint density at radius 1 is 0.929 bits per heavy atom. The zero-order valence-electron chi connectivity index (χ0n) is 15.3. The number of benzene rings is 2. The van der Waals surface area contributed by atoms with Crippen LogP contribution in [0.4, 0.5) is 0 Å². The zero-order chi connectivity index (χ0) is 20.3. The molecule has 0 unspecified atom stereocenters. The zero-order valence-corrected chi connectivity index (χ0v) is 16.0. The first-order valence-electron chi connectivity index (χ1n) is 8.66. The highest BCUT2D eigenvalue weighted by molar-refractivity contribution is 6.31. The van der Waals surface area contributed by atoms with Crippen molar-refractivity contribution in [3.05, 3.63) is 68.8 Å². The Balaban J connectivity index is 2.18. The summed E-state index contributed by atoms with van der Waals surface area (Å²) in [6, 6.07) is 10.4. The van der Waals surface area contributed by atoms with Crippen molar-refractivity contribution in [3.63, 3.8) is 0 Å². The lowest BCUT2D eigenvalue weighted by Gasteiger charge is -2.09. The molecule has 1 heterocycles. The third-order valence-corrected chi connectivity index (χ3v) is 4.16. The van der Waals surface area contributed by atoms with E-state index < -0.39 is 11.9 Å². The third-order valence-electron chi connectivity index (χ3n) is 3.93. The lowest BCUT2D eigenvalue weighted by atomic mass is 10.0. The molecule has 1 aromatic heterocycles. The fourth-order valence-corrected chi connectivity index (χ4v) is 2.88. The molecule has 0 aliphatic heterocycles. The van der Waals surface area contributed by atoms with Crippen LogP contribution in [0.25, 0.3) is 22.3 Å². The number of carbonyl (C=O) groups is 2. The average Bonchev–Trinajstić information content (AvgIpc) is 2.68. The molecule has 0 atom stereocenters. The van der Waals surface area contributed by atoms with Crippen molar-refractivity contribution in [2.45, 2.75) is 13.8 Å². The minimum Gasteiger partial charge on any atom is -0.462 e. The molecule has 0 N–H and O–H groups in total. The maximum absolute atomic E-state index is 12.5. The Morgan fingerprint density at radius 3 is 2.11 bits per heavy atom. The number of fused-ring (bicyclic) bond motifs is 1. The van der Waals surface area contributed by atoms with Crippen molar-refractivity contribution >= 4 is 34.5 Å². The molecule has 3 aromatic rings. The molecule has 144 valence electrons. The second-order valence-corrected chi connectivity index (χ2v) is 6.29. The van der Waals surface area contributed by atoms with Gasteiger partial charge in [0.15, 0.2) is 5.43 Å². The molecule has 6 nitrogen and oxygen atoms in total. The second kappa shape index (κ2) is 8.27. The molecule has 0 bridgehead atoms. The van der Waals surface area contributed by atoms with Gasteiger partial charge < -0.3 is 13.9 Å². The smallest absolute Gasteiger partial charge is 0.338 e. The van der Waals surface area contributed by atoms with Crippen LogP contribution in [0.5, 0.6) is 0 Å². The standard InChI is InChI=1S/C21H17ClO6/c1-3-26-20(24)13-7-12(8-14(9-13)21(25)27-4-2)19-11-17(23)16-10-15(22)5-6-18(16)28-19/h5-11H,3-4H2,1-2H3. The quantitative estimate of drug-likeness (QED) is 0.588. The topological polar surface area (TPSA) is 82.8 Å². The van der Waals surface area contributed by atoms with Crippen LogP contribution in [-0.2, 0) is 9.47 Å². The van der Waals surface area contributed by atoms with Crippen molar-refractivity contribution in [2.24, 2.45) is 0 Å². The number of halogens is 1. The maximum Gasteiger partial charge on any atom is 0.338 e. The number of esters is 2. The Kier molecular flexibility index (Phi) is 5.80. The summed E-state index contributed by atoms with van der Waals surface area (Å²) in [6.45, 7) is 3.73.